The van der Waals surface area contributed by atoms with Gasteiger partial charge in [0, 0.05) is 17.5 Å². The lowest BCUT2D eigenvalue weighted by Gasteiger charge is -2.11. The van der Waals surface area contributed by atoms with Crippen molar-refractivity contribution in [3.63, 3.8) is 0 Å². The monoisotopic (exact) mass is 571 g/mol. The summed E-state index contributed by atoms with van der Waals surface area (Å²) in [5.74, 6) is 0.710. The van der Waals surface area contributed by atoms with E-state index in [0.29, 0.717) is 38.7 Å². The van der Waals surface area contributed by atoms with Gasteiger partial charge in [-0.2, -0.15) is 5.10 Å². The van der Waals surface area contributed by atoms with Gasteiger partial charge in [-0.3, -0.25) is 14.9 Å². The number of rotatable bonds is 9. The van der Waals surface area contributed by atoms with Gasteiger partial charge in [0.2, 0.25) is 0 Å². The number of halogens is 2. The van der Waals surface area contributed by atoms with E-state index >= 15 is 0 Å². The zero-order valence-electron chi connectivity index (χ0n) is 18.9. The van der Waals surface area contributed by atoms with Gasteiger partial charge in [0.15, 0.2) is 11.5 Å². The lowest BCUT2D eigenvalue weighted by atomic mass is 10.2. The zero-order chi connectivity index (χ0) is 25.7. The van der Waals surface area contributed by atoms with Crippen molar-refractivity contribution in [3.8, 4) is 11.5 Å². The predicted molar refractivity (Wildman–Crippen MR) is 139 cm³/mol. The average molecular weight is 573 g/mol. The third-order valence-electron chi connectivity index (χ3n) is 4.95. The maximum Gasteiger partial charge on any atom is 0.307 e. The number of amides is 1. The first-order valence-electron chi connectivity index (χ1n) is 10.7. The van der Waals surface area contributed by atoms with E-state index < -0.39 is 10.8 Å². The molecule has 1 heterocycles. The first-order valence-corrected chi connectivity index (χ1v) is 11.9. The first-order chi connectivity index (χ1) is 17.3. The second-order valence-corrected chi connectivity index (χ2v) is 8.73. The lowest BCUT2D eigenvalue weighted by molar-refractivity contribution is -0.384. The normalized spacial score (nSPS) is 11.1. The summed E-state index contributed by atoms with van der Waals surface area (Å²) in [6, 6.07) is 16.3. The molecule has 0 radical (unpaired) electrons. The summed E-state index contributed by atoms with van der Waals surface area (Å²) in [4.78, 5) is 22.8. The Bertz CT molecular complexity index is 1430. The molecule has 0 aliphatic rings. The third kappa shape index (κ3) is 6.02. The number of nitrogens with zero attached hydrogens (tertiary/aromatic N) is 2. The highest BCUT2D eigenvalue weighted by Crippen LogP contribution is 2.35. The van der Waals surface area contributed by atoms with Gasteiger partial charge in [0.25, 0.3) is 5.69 Å². The number of carbonyl (C=O) groups excluding carboxylic acids is 1. The van der Waals surface area contributed by atoms with Crippen LogP contribution in [0.25, 0.3) is 11.0 Å². The molecule has 1 N–H and O–H groups in total. The van der Waals surface area contributed by atoms with Crippen molar-refractivity contribution in [3.05, 3.63) is 97.2 Å². The Kier molecular flexibility index (Phi) is 7.87. The van der Waals surface area contributed by atoms with Crippen LogP contribution in [-0.2, 0) is 6.61 Å². The predicted octanol–water partition coefficient (Wildman–Crippen LogP) is 6.50. The minimum Gasteiger partial charge on any atom is -0.494 e. The Morgan fingerprint density at radius 1 is 1.17 bits per heavy atom. The molecule has 4 rings (SSSR count). The van der Waals surface area contributed by atoms with Crippen molar-refractivity contribution in [1.82, 2.24) is 5.43 Å². The van der Waals surface area contributed by atoms with Gasteiger partial charge in [-0.1, -0.05) is 11.6 Å². The molecule has 36 heavy (non-hydrogen) atoms. The van der Waals surface area contributed by atoms with Gasteiger partial charge in [0.1, 0.15) is 17.9 Å². The molecule has 0 atom stereocenters. The molecular weight excluding hydrogens is 554 g/mol. The molecule has 0 aliphatic heterocycles. The van der Waals surface area contributed by atoms with Crippen molar-refractivity contribution in [1.29, 1.82) is 0 Å². The highest BCUT2D eigenvalue weighted by Gasteiger charge is 2.13. The Labute approximate surface area is 218 Å². The number of fused-ring (bicyclic) bond motifs is 1. The number of hydrazone groups is 1. The molecular formula is C25H19BrClN3O6. The number of benzene rings is 3. The molecule has 9 nitrogen and oxygen atoms in total. The van der Waals surface area contributed by atoms with Crippen molar-refractivity contribution in [2.75, 3.05) is 6.61 Å². The van der Waals surface area contributed by atoms with Crippen LogP contribution in [0.3, 0.4) is 0 Å². The van der Waals surface area contributed by atoms with E-state index in [-0.39, 0.29) is 18.1 Å². The quantitative estimate of drug-likeness (QED) is 0.139. The van der Waals surface area contributed by atoms with Crippen LogP contribution >= 0.6 is 27.5 Å². The van der Waals surface area contributed by atoms with Crippen LogP contribution in [-0.4, -0.2) is 23.7 Å². The highest BCUT2D eigenvalue weighted by molar-refractivity contribution is 9.10. The topological polar surface area (TPSA) is 116 Å². The summed E-state index contributed by atoms with van der Waals surface area (Å²) in [7, 11) is 0. The van der Waals surface area contributed by atoms with Crippen LogP contribution in [0.5, 0.6) is 11.5 Å². The smallest absolute Gasteiger partial charge is 0.307 e. The average Bonchev–Trinajstić information content (AvgIpc) is 3.28. The third-order valence-corrected chi connectivity index (χ3v) is 5.82. The summed E-state index contributed by atoms with van der Waals surface area (Å²) in [5.41, 5.74) is 4.35. The van der Waals surface area contributed by atoms with Gasteiger partial charge in [-0.15, -0.1) is 0 Å². The second-order valence-electron chi connectivity index (χ2n) is 7.47. The first kappa shape index (κ1) is 25.2. The molecule has 11 heteroatoms. The number of non-ortho nitro benzene ring substituents is 1. The van der Waals surface area contributed by atoms with E-state index in [1.807, 2.05) is 6.92 Å². The summed E-state index contributed by atoms with van der Waals surface area (Å²) in [6.07, 6.45) is 1.44. The number of nitrogens with one attached hydrogen (secondary N) is 1. The molecule has 0 spiro atoms. The molecule has 1 amide bonds. The second kappa shape index (κ2) is 11.2. The molecule has 0 aliphatic carbocycles. The number of ether oxygens (including phenoxy) is 2. The number of hydrogen-bond donors (Lipinski definition) is 1. The van der Waals surface area contributed by atoms with Gasteiger partial charge in [-0.25, -0.2) is 5.43 Å². The highest BCUT2D eigenvalue weighted by atomic mass is 79.9. The van der Waals surface area contributed by atoms with Gasteiger partial charge in [-0.05, 0) is 82.5 Å². The van der Waals surface area contributed by atoms with E-state index in [0.717, 1.165) is 10.9 Å². The van der Waals surface area contributed by atoms with Crippen molar-refractivity contribution >= 4 is 56.3 Å². The van der Waals surface area contributed by atoms with E-state index in [4.69, 9.17) is 25.5 Å². The van der Waals surface area contributed by atoms with E-state index in [1.54, 1.807) is 48.5 Å². The fourth-order valence-electron chi connectivity index (χ4n) is 3.27. The number of hydrogen-bond acceptors (Lipinski definition) is 7. The summed E-state index contributed by atoms with van der Waals surface area (Å²) in [6.45, 7) is 2.60. The van der Waals surface area contributed by atoms with Crippen LogP contribution in [0.1, 0.15) is 28.6 Å². The van der Waals surface area contributed by atoms with Crippen LogP contribution in [0.2, 0.25) is 5.02 Å². The van der Waals surface area contributed by atoms with E-state index in [2.05, 4.69) is 26.5 Å². The number of furan rings is 1. The van der Waals surface area contributed by atoms with Crippen molar-refractivity contribution in [2.45, 2.75) is 13.5 Å². The summed E-state index contributed by atoms with van der Waals surface area (Å²) >= 11 is 9.79. The lowest BCUT2D eigenvalue weighted by Crippen LogP contribution is -2.16. The number of nitro groups is 1. The van der Waals surface area contributed by atoms with Crippen molar-refractivity contribution < 1.29 is 23.6 Å². The number of nitro benzene ring substituents is 1. The number of carbonyl (C=O) groups is 1. The SMILES string of the molecule is CCOc1ccc2oc(C(=O)N/N=C/c3cc(Cl)c(OCc4ccc([N+](=O)[O-])cc4)c(Br)c3)cc2c1. The molecule has 0 unspecified atom stereocenters. The molecule has 4 aromatic rings. The molecule has 184 valence electrons. The standard InChI is InChI=1S/C25H19BrClN3O6/c1-2-34-19-7-8-22-17(11-19)12-23(36-22)25(31)29-28-13-16-9-20(26)24(21(27)10-16)35-14-15-3-5-18(6-4-15)30(32)33/h3-13H,2,14H2,1H3,(H,29,31)/b28-13+. The molecule has 0 saturated carbocycles. The minimum absolute atomic E-state index is 0.00438. The minimum atomic E-state index is -0.506. The molecule has 3 aromatic carbocycles. The summed E-state index contributed by atoms with van der Waals surface area (Å²) in [5, 5.41) is 15.8. The maximum atomic E-state index is 12.4. The Balaban J connectivity index is 1.38. The van der Waals surface area contributed by atoms with Gasteiger partial charge < -0.3 is 13.9 Å². The van der Waals surface area contributed by atoms with Crippen LogP contribution in [0, 0.1) is 10.1 Å². The van der Waals surface area contributed by atoms with Gasteiger partial charge in [0.05, 0.1) is 27.2 Å². The zero-order valence-corrected chi connectivity index (χ0v) is 21.2. The molecule has 1 aromatic heterocycles. The fraction of sp³-hybridized carbons (Fsp3) is 0.120. The fourth-order valence-corrected chi connectivity index (χ4v) is 4.26. The Morgan fingerprint density at radius 3 is 2.64 bits per heavy atom. The Morgan fingerprint density at radius 2 is 1.94 bits per heavy atom. The Hall–Kier alpha value is -3.89. The molecule has 0 fully saturated rings. The summed E-state index contributed by atoms with van der Waals surface area (Å²) < 4.78 is 17.4. The van der Waals surface area contributed by atoms with Crippen LogP contribution in [0.15, 0.2) is 74.7 Å². The molecule has 0 bridgehead atoms. The van der Waals surface area contributed by atoms with Crippen molar-refractivity contribution in [2.24, 2.45) is 5.10 Å². The van der Waals surface area contributed by atoms with E-state index in [9.17, 15) is 14.9 Å². The molecule has 0 saturated heterocycles. The van der Waals surface area contributed by atoms with Crippen LogP contribution < -0.4 is 14.9 Å². The van der Waals surface area contributed by atoms with Gasteiger partial charge >= 0.3 is 5.91 Å². The van der Waals surface area contributed by atoms with E-state index in [1.165, 1.54) is 18.3 Å². The largest absolute Gasteiger partial charge is 0.494 e. The van der Waals surface area contributed by atoms with Crippen LogP contribution in [0.4, 0.5) is 5.69 Å². The maximum absolute atomic E-state index is 12.4.